The molecule has 1 aromatic carbocycles. The van der Waals surface area contributed by atoms with Gasteiger partial charge >= 0.3 is 0 Å². The molecule has 1 N–H and O–H groups in total. The number of nitrogens with zero attached hydrogens (tertiary/aromatic N) is 1. The van der Waals surface area contributed by atoms with Crippen molar-refractivity contribution in [2.24, 2.45) is 0 Å². The summed E-state index contributed by atoms with van der Waals surface area (Å²) in [7, 11) is 0. The third-order valence-electron chi connectivity index (χ3n) is 3.53. The number of benzene rings is 1. The summed E-state index contributed by atoms with van der Waals surface area (Å²) in [6.45, 7) is 10.3. The molecule has 2 heteroatoms. The summed E-state index contributed by atoms with van der Waals surface area (Å²) in [5, 5.41) is 3.63. The minimum absolute atomic E-state index is 0.289. The van der Waals surface area contributed by atoms with E-state index in [0.717, 1.165) is 26.1 Å². The zero-order chi connectivity index (χ0) is 12.3. The van der Waals surface area contributed by atoms with Crippen LogP contribution in [0.1, 0.15) is 26.3 Å². The van der Waals surface area contributed by atoms with Crippen LogP contribution in [0.25, 0.3) is 0 Å². The zero-order valence-corrected chi connectivity index (χ0v) is 11.2. The molecular formula is C15H24N2. The van der Waals surface area contributed by atoms with Crippen LogP contribution in [0.3, 0.4) is 0 Å². The van der Waals surface area contributed by atoms with E-state index in [9.17, 15) is 0 Å². The van der Waals surface area contributed by atoms with E-state index >= 15 is 0 Å². The number of hydrogen-bond donors (Lipinski definition) is 1. The molecule has 2 nitrogen and oxygen atoms in total. The number of rotatable bonds is 2. The van der Waals surface area contributed by atoms with Gasteiger partial charge < -0.3 is 5.32 Å². The molecule has 94 valence electrons. The highest BCUT2D eigenvalue weighted by Crippen LogP contribution is 2.16. The Morgan fingerprint density at radius 1 is 1.24 bits per heavy atom. The minimum Gasteiger partial charge on any atom is -0.311 e. The second-order valence-electron chi connectivity index (χ2n) is 5.96. The maximum Gasteiger partial charge on any atom is 0.0236 e. The Morgan fingerprint density at radius 2 is 1.94 bits per heavy atom. The summed E-state index contributed by atoms with van der Waals surface area (Å²) in [6, 6.07) is 11.4. The van der Waals surface area contributed by atoms with Crippen LogP contribution in [0, 0.1) is 0 Å². The van der Waals surface area contributed by atoms with E-state index in [-0.39, 0.29) is 5.54 Å². The van der Waals surface area contributed by atoms with Crippen LogP contribution in [0.2, 0.25) is 0 Å². The van der Waals surface area contributed by atoms with Gasteiger partial charge in [-0.1, -0.05) is 30.3 Å². The van der Waals surface area contributed by atoms with Crippen molar-refractivity contribution >= 4 is 0 Å². The lowest BCUT2D eigenvalue weighted by Gasteiger charge is -2.42. The molecule has 1 aromatic rings. The molecule has 1 atom stereocenters. The molecule has 0 radical (unpaired) electrons. The molecular weight excluding hydrogens is 208 g/mol. The largest absolute Gasteiger partial charge is 0.311 e. The molecule has 0 bridgehead atoms. The van der Waals surface area contributed by atoms with Gasteiger partial charge in [0.15, 0.2) is 0 Å². The number of hydrogen-bond acceptors (Lipinski definition) is 2. The Balaban J connectivity index is 1.94. The first-order chi connectivity index (χ1) is 8.05. The van der Waals surface area contributed by atoms with E-state index in [1.54, 1.807) is 0 Å². The summed E-state index contributed by atoms with van der Waals surface area (Å²) < 4.78 is 0. The monoisotopic (exact) mass is 232 g/mol. The van der Waals surface area contributed by atoms with E-state index in [2.05, 4.69) is 61.3 Å². The van der Waals surface area contributed by atoms with Crippen LogP contribution >= 0.6 is 0 Å². The van der Waals surface area contributed by atoms with Crippen molar-refractivity contribution in [3.8, 4) is 0 Å². The molecule has 0 aromatic heterocycles. The van der Waals surface area contributed by atoms with E-state index in [1.165, 1.54) is 5.56 Å². The van der Waals surface area contributed by atoms with Gasteiger partial charge in [0.05, 0.1) is 0 Å². The normalized spacial score (nSPS) is 22.6. The van der Waals surface area contributed by atoms with Crippen LogP contribution < -0.4 is 5.32 Å². The predicted molar refractivity (Wildman–Crippen MR) is 73.3 cm³/mol. The first kappa shape index (κ1) is 12.6. The van der Waals surface area contributed by atoms with Gasteiger partial charge in [-0.3, -0.25) is 4.90 Å². The molecule has 0 aliphatic carbocycles. The summed E-state index contributed by atoms with van der Waals surface area (Å²) in [5.74, 6) is 0. The third-order valence-corrected chi connectivity index (χ3v) is 3.53. The molecule has 0 amide bonds. The molecule has 0 spiro atoms. The van der Waals surface area contributed by atoms with Crippen molar-refractivity contribution < 1.29 is 0 Å². The second-order valence-corrected chi connectivity index (χ2v) is 5.96. The summed E-state index contributed by atoms with van der Waals surface area (Å²) >= 11 is 0. The van der Waals surface area contributed by atoms with Crippen molar-refractivity contribution in [1.82, 2.24) is 10.2 Å². The van der Waals surface area contributed by atoms with Crippen LogP contribution in [0.15, 0.2) is 30.3 Å². The van der Waals surface area contributed by atoms with Crippen LogP contribution in [0.5, 0.6) is 0 Å². The lowest BCUT2D eigenvalue weighted by Crippen LogP contribution is -2.57. The maximum absolute atomic E-state index is 3.63. The average molecular weight is 232 g/mol. The standard InChI is InChI=1S/C15H24N2/c1-15(2,3)17-10-9-16-14(12-17)11-13-7-5-4-6-8-13/h4-8,14,16H,9-12H2,1-3H3. The van der Waals surface area contributed by atoms with Crippen LogP contribution in [0.4, 0.5) is 0 Å². The van der Waals surface area contributed by atoms with E-state index in [4.69, 9.17) is 0 Å². The average Bonchev–Trinajstić information content (AvgIpc) is 2.29. The van der Waals surface area contributed by atoms with E-state index in [1.807, 2.05) is 0 Å². The first-order valence-electron chi connectivity index (χ1n) is 6.58. The van der Waals surface area contributed by atoms with Crippen LogP contribution in [-0.2, 0) is 6.42 Å². The molecule has 17 heavy (non-hydrogen) atoms. The van der Waals surface area contributed by atoms with Gasteiger partial charge in [-0.25, -0.2) is 0 Å². The Hall–Kier alpha value is -0.860. The summed E-state index contributed by atoms with van der Waals surface area (Å²) in [5.41, 5.74) is 1.72. The third kappa shape index (κ3) is 3.55. The zero-order valence-electron chi connectivity index (χ0n) is 11.2. The quantitative estimate of drug-likeness (QED) is 0.841. The lowest BCUT2D eigenvalue weighted by atomic mass is 9.99. The fourth-order valence-electron chi connectivity index (χ4n) is 2.47. The maximum atomic E-state index is 3.63. The molecule has 1 unspecified atom stereocenters. The summed E-state index contributed by atoms with van der Waals surface area (Å²) in [6.07, 6.45) is 1.13. The Kier molecular flexibility index (Phi) is 3.85. The lowest BCUT2D eigenvalue weighted by molar-refractivity contribution is 0.0957. The van der Waals surface area contributed by atoms with Gasteiger partial charge in [0.25, 0.3) is 0 Å². The fourth-order valence-corrected chi connectivity index (χ4v) is 2.47. The molecule has 0 saturated carbocycles. The molecule has 2 rings (SSSR count). The van der Waals surface area contributed by atoms with Crippen molar-refractivity contribution in [2.45, 2.75) is 38.8 Å². The van der Waals surface area contributed by atoms with Crippen molar-refractivity contribution in [3.63, 3.8) is 0 Å². The predicted octanol–water partition coefficient (Wildman–Crippen LogP) is 2.30. The molecule has 1 heterocycles. The van der Waals surface area contributed by atoms with E-state index < -0.39 is 0 Å². The topological polar surface area (TPSA) is 15.3 Å². The van der Waals surface area contributed by atoms with E-state index in [0.29, 0.717) is 6.04 Å². The summed E-state index contributed by atoms with van der Waals surface area (Å²) in [4.78, 5) is 2.58. The molecule has 1 saturated heterocycles. The smallest absolute Gasteiger partial charge is 0.0236 e. The SMILES string of the molecule is CC(C)(C)N1CCNC(Cc2ccccc2)C1. The molecule has 1 aliphatic rings. The van der Waals surface area contributed by atoms with Crippen molar-refractivity contribution in [1.29, 1.82) is 0 Å². The van der Waals surface area contributed by atoms with Crippen molar-refractivity contribution in [2.75, 3.05) is 19.6 Å². The van der Waals surface area contributed by atoms with Gasteiger partial charge in [-0.2, -0.15) is 0 Å². The first-order valence-corrected chi connectivity index (χ1v) is 6.58. The van der Waals surface area contributed by atoms with Gasteiger partial charge in [0.1, 0.15) is 0 Å². The number of piperazine rings is 1. The Labute approximate surface area is 105 Å². The molecule has 1 aliphatic heterocycles. The fraction of sp³-hybridized carbons (Fsp3) is 0.600. The van der Waals surface area contributed by atoms with Gasteiger partial charge in [-0.15, -0.1) is 0 Å². The molecule has 1 fully saturated rings. The van der Waals surface area contributed by atoms with Gasteiger partial charge in [0.2, 0.25) is 0 Å². The highest BCUT2D eigenvalue weighted by Gasteiger charge is 2.27. The second kappa shape index (κ2) is 5.19. The van der Waals surface area contributed by atoms with Gasteiger partial charge in [0, 0.05) is 31.2 Å². The minimum atomic E-state index is 0.289. The number of nitrogens with one attached hydrogen (secondary N) is 1. The Bertz CT molecular complexity index is 340. The highest BCUT2D eigenvalue weighted by atomic mass is 15.2. The van der Waals surface area contributed by atoms with Crippen LogP contribution in [-0.4, -0.2) is 36.1 Å². The Morgan fingerprint density at radius 3 is 2.59 bits per heavy atom. The highest BCUT2D eigenvalue weighted by molar-refractivity contribution is 5.16. The van der Waals surface area contributed by atoms with Crippen molar-refractivity contribution in [3.05, 3.63) is 35.9 Å². The van der Waals surface area contributed by atoms with Gasteiger partial charge in [-0.05, 0) is 32.8 Å².